The first-order chi connectivity index (χ1) is 31.8. The summed E-state index contributed by atoms with van der Waals surface area (Å²) in [5.41, 5.74) is 21.5. The first-order valence-corrected chi connectivity index (χ1v) is 23.4. The number of anilines is 3. The quantitative estimate of drug-likeness (QED) is 0.148. The minimum Gasteiger partial charge on any atom is -0.310 e. The Balaban J connectivity index is 1.09. The SMILES string of the molecule is c1ccc(-c2ccc(-c3ccccc3)c(N(c3ccc4c(c3)[C@H](C3C5CCC3CC5)c3ccccc3-4)c3ccc4c(c3)C(c3ccccc3)(c3ccccc3)c3ccccc3-4)c2)cc1. The van der Waals surface area contributed by atoms with E-state index in [0.29, 0.717) is 11.8 Å². The smallest absolute Gasteiger partial charge is 0.0714 e. The Labute approximate surface area is 377 Å². The molecule has 2 saturated carbocycles. The van der Waals surface area contributed by atoms with Crippen molar-refractivity contribution >= 4 is 17.1 Å². The molecular formula is C63H49N. The third-order valence-corrected chi connectivity index (χ3v) is 15.6. The van der Waals surface area contributed by atoms with Crippen LogP contribution in [-0.4, -0.2) is 0 Å². The van der Waals surface area contributed by atoms with Crippen LogP contribution in [0.25, 0.3) is 44.5 Å². The number of hydrogen-bond donors (Lipinski definition) is 0. The maximum Gasteiger partial charge on any atom is 0.0714 e. The fourth-order valence-electron chi connectivity index (χ4n) is 13.0. The maximum atomic E-state index is 2.60. The number of rotatable bonds is 8. The predicted octanol–water partition coefficient (Wildman–Crippen LogP) is 16.4. The lowest BCUT2D eigenvalue weighted by Gasteiger charge is -2.35. The van der Waals surface area contributed by atoms with E-state index in [1.807, 2.05) is 0 Å². The van der Waals surface area contributed by atoms with E-state index in [-0.39, 0.29) is 0 Å². The molecule has 0 aromatic heterocycles. The molecule has 9 aromatic carbocycles. The summed E-state index contributed by atoms with van der Waals surface area (Å²) in [6.45, 7) is 0. The van der Waals surface area contributed by atoms with Crippen molar-refractivity contribution in [1.29, 1.82) is 0 Å². The highest BCUT2D eigenvalue weighted by Crippen LogP contribution is 2.62. The number of fused-ring (bicyclic) bond motifs is 8. The topological polar surface area (TPSA) is 3.24 Å². The maximum absolute atomic E-state index is 2.60. The summed E-state index contributed by atoms with van der Waals surface area (Å²) in [5, 5.41) is 0. The van der Waals surface area contributed by atoms with Crippen LogP contribution >= 0.6 is 0 Å². The highest BCUT2D eigenvalue weighted by molar-refractivity contribution is 5.95. The third kappa shape index (κ3) is 5.63. The number of benzene rings is 9. The molecule has 0 spiro atoms. The summed E-state index contributed by atoms with van der Waals surface area (Å²) in [5.74, 6) is 2.73. The van der Waals surface area contributed by atoms with Gasteiger partial charge in [-0.2, -0.15) is 0 Å². The average molecular weight is 820 g/mol. The van der Waals surface area contributed by atoms with Crippen LogP contribution in [0, 0.1) is 17.8 Å². The zero-order valence-corrected chi connectivity index (χ0v) is 35.9. The highest BCUT2D eigenvalue weighted by atomic mass is 15.1. The molecule has 306 valence electrons. The van der Waals surface area contributed by atoms with E-state index in [0.717, 1.165) is 17.5 Å². The number of nitrogens with zero attached hydrogens (tertiary/aromatic N) is 1. The van der Waals surface area contributed by atoms with Crippen molar-refractivity contribution in [2.45, 2.75) is 37.0 Å². The fourth-order valence-corrected chi connectivity index (χ4v) is 13.0. The Hall–Kier alpha value is -7.22. The van der Waals surface area contributed by atoms with Crippen molar-refractivity contribution in [3.05, 3.63) is 258 Å². The van der Waals surface area contributed by atoms with Gasteiger partial charge in [0.1, 0.15) is 0 Å². The first-order valence-electron chi connectivity index (χ1n) is 23.4. The number of hydrogen-bond acceptors (Lipinski definition) is 1. The minimum absolute atomic E-state index is 0.413. The van der Waals surface area contributed by atoms with Crippen LogP contribution in [-0.2, 0) is 5.41 Å². The zero-order chi connectivity index (χ0) is 42.2. The fraction of sp³-hybridized carbons (Fsp3) is 0.143. The van der Waals surface area contributed by atoms with Gasteiger partial charge in [0.15, 0.2) is 0 Å². The molecule has 9 aromatic rings. The second-order valence-electron chi connectivity index (χ2n) is 18.6. The summed E-state index contributed by atoms with van der Waals surface area (Å²) >= 11 is 0. The summed E-state index contributed by atoms with van der Waals surface area (Å²) in [6.07, 6.45) is 5.52. The molecule has 0 heterocycles. The second-order valence-corrected chi connectivity index (χ2v) is 18.6. The molecule has 1 atom stereocenters. The first kappa shape index (κ1) is 37.3. The molecule has 0 aliphatic heterocycles. The van der Waals surface area contributed by atoms with E-state index >= 15 is 0 Å². The van der Waals surface area contributed by atoms with Gasteiger partial charge >= 0.3 is 0 Å². The summed E-state index contributed by atoms with van der Waals surface area (Å²) in [4.78, 5) is 2.60. The average Bonchev–Trinajstić information content (AvgIpc) is 4.12. The molecule has 2 bridgehead atoms. The Morgan fingerprint density at radius 1 is 0.344 bits per heavy atom. The van der Waals surface area contributed by atoms with Gasteiger partial charge in [0, 0.05) is 22.9 Å². The lowest BCUT2D eigenvalue weighted by Crippen LogP contribution is -2.28. The molecule has 0 amide bonds. The molecule has 0 radical (unpaired) electrons. The lowest BCUT2D eigenvalue weighted by atomic mass is 9.67. The Morgan fingerprint density at radius 2 is 0.844 bits per heavy atom. The van der Waals surface area contributed by atoms with Crippen molar-refractivity contribution in [3.63, 3.8) is 0 Å². The minimum atomic E-state index is -0.517. The van der Waals surface area contributed by atoms with Crippen LogP contribution in [0.5, 0.6) is 0 Å². The zero-order valence-electron chi connectivity index (χ0n) is 35.9. The lowest BCUT2D eigenvalue weighted by molar-refractivity contribution is 0.365. The normalized spacial score (nSPS) is 19.4. The van der Waals surface area contributed by atoms with Gasteiger partial charge in [-0.1, -0.05) is 194 Å². The van der Waals surface area contributed by atoms with Crippen LogP contribution < -0.4 is 4.90 Å². The summed E-state index contributed by atoms with van der Waals surface area (Å²) < 4.78 is 0. The van der Waals surface area contributed by atoms with Gasteiger partial charge in [-0.25, -0.2) is 0 Å². The Morgan fingerprint density at radius 3 is 1.52 bits per heavy atom. The molecule has 0 N–H and O–H groups in total. The van der Waals surface area contributed by atoms with E-state index in [9.17, 15) is 0 Å². The van der Waals surface area contributed by atoms with Gasteiger partial charge in [0.2, 0.25) is 0 Å². The van der Waals surface area contributed by atoms with Gasteiger partial charge < -0.3 is 4.90 Å². The van der Waals surface area contributed by atoms with Gasteiger partial charge in [-0.3, -0.25) is 0 Å². The molecule has 4 aliphatic rings. The molecule has 64 heavy (non-hydrogen) atoms. The monoisotopic (exact) mass is 819 g/mol. The molecule has 4 aliphatic carbocycles. The Bertz CT molecular complexity index is 3130. The third-order valence-electron chi connectivity index (χ3n) is 15.6. The van der Waals surface area contributed by atoms with E-state index in [2.05, 4.69) is 229 Å². The van der Waals surface area contributed by atoms with Gasteiger partial charge in [0.25, 0.3) is 0 Å². The van der Waals surface area contributed by atoms with Gasteiger partial charge in [-0.15, -0.1) is 0 Å². The molecule has 1 heteroatoms. The van der Waals surface area contributed by atoms with Crippen LogP contribution in [0.2, 0.25) is 0 Å². The van der Waals surface area contributed by atoms with E-state index in [1.165, 1.54) is 115 Å². The highest BCUT2D eigenvalue weighted by Gasteiger charge is 2.49. The van der Waals surface area contributed by atoms with Crippen LogP contribution in [0.1, 0.15) is 65.0 Å². The van der Waals surface area contributed by atoms with Crippen LogP contribution in [0.3, 0.4) is 0 Å². The molecule has 13 rings (SSSR count). The van der Waals surface area contributed by atoms with Crippen molar-refractivity contribution < 1.29 is 0 Å². The molecule has 1 nitrogen and oxygen atoms in total. The second kappa shape index (κ2) is 15.0. The van der Waals surface area contributed by atoms with E-state index in [1.54, 1.807) is 0 Å². The van der Waals surface area contributed by atoms with Gasteiger partial charge in [0.05, 0.1) is 11.1 Å². The van der Waals surface area contributed by atoms with Crippen molar-refractivity contribution in [3.8, 4) is 44.5 Å². The standard InChI is InChI=1S/C63H49N/c1-5-17-42(18-6-1)46-33-36-51(43-19-7-2-8-20-43)60(39-46)64(49-34-37-53-52-25-13-14-27-56(52)62(57(53)40-49)61-44-29-30-45(61)32-31-44)50-35-38-55-54-26-15-16-28-58(54)63(59(55)41-50,47-21-9-3-10-22-47)48-23-11-4-12-24-48/h1-28,33-41,44-45,61-62H,29-32H2/t44?,45?,61?,62-/m1/s1. The van der Waals surface area contributed by atoms with E-state index < -0.39 is 5.41 Å². The van der Waals surface area contributed by atoms with Crippen LogP contribution in [0.4, 0.5) is 17.1 Å². The molecular weight excluding hydrogens is 771 g/mol. The van der Waals surface area contributed by atoms with Crippen LogP contribution in [0.15, 0.2) is 224 Å². The molecule has 2 fully saturated rings. The van der Waals surface area contributed by atoms with Crippen molar-refractivity contribution in [2.75, 3.05) is 4.90 Å². The van der Waals surface area contributed by atoms with Gasteiger partial charge in [-0.05, 0) is 146 Å². The van der Waals surface area contributed by atoms with Crippen molar-refractivity contribution in [1.82, 2.24) is 0 Å². The van der Waals surface area contributed by atoms with E-state index in [4.69, 9.17) is 0 Å². The largest absolute Gasteiger partial charge is 0.310 e. The predicted molar refractivity (Wildman–Crippen MR) is 266 cm³/mol. The van der Waals surface area contributed by atoms with Crippen molar-refractivity contribution in [2.24, 2.45) is 17.8 Å². The summed E-state index contributed by atoms with van der Waals surface area (Å²) in [7, 11) is 0. The Kier molecular flexibility index (Phi) is 8.73. The molecule has 0 saturated heterocycles. The molecule has 0 unspecified atom stereocenters. The summed E-state index contributed by atoms with van der Waals surface area (Å²) in [6, 6.07) is 84.6.